The fraction of sp³-hybridized carbons (Fsp3) is 0.176. The molecule has 2 aromatic rings. The van der Waals surface area contributed by atoms with Crippen molar-refractivity contribution in [3.8, 4) is 0 Å². The molecule has 8 heteroatoms. The Kier molecular flexibility index (Phi) is 5.47. The molecular weight excluding hydrogens is 360 g/mol. The molecule has 3 rings (SSSR count). The summed E-state index contributed by atoms with van der Waals surface area (Å²) in [6.07, 6.45) is 0. The van der Waals surface area contributed by atoms with Gasteiger partial charge < -0.3 is 4.55 Å². The van der Waals surface area contributed by atoms with Gasteiger partial charge in [0.05, 0.1) is 12.3 Å². The van der Waals surface area contributed by atoms with Crippen LogP contribution in [0.15, 0.2) is 64.7 Å². The minimum atomic E-state index is -2.47. The van der Waals surface area contributed by atoms with E-state index in [0.29, 0.717) is 11.6 Å². The molecule has 0 radical (unpaired) electrons. The Morgan fingerprint density at radius 2 is 1.96 bits per heavy atom. The van der Waals surface area contributed by atoms with Crippen molar-refractivity contribution in [3.05, 3.63) is 70.7 Å². The molecule has 0 aromatic heterocycles. The second kappa shape index (κ2) is 7.77. The molecule has 2 aromatic carbocycles. The van der Waals surface area contributed by atoms with Gasteiger partial charge in [0.1, 0.15) is 0 Å². The number of hydrazone groups is 1. The minimum absolute atomic E-state index is 0.0130. The molecule has 1 aliphatic heterocycles. The van der Waals surface area contributed by atoms with E-state index in [1.807, 2.05) is 54.6 Å². The number of nitrogens with one attached hydrogen (secondary N) is 1. The van der Waals surface area contributed by atoms with Crippen molar-refractivity contribution in [2.75, 3.05) is 13.6 Å². The van der Waals surface area contributed by atoms with Gasteiger partial charge in [-0.15, -0.1) is 0 Å². The predicted molar refractivity (Wildman–Crippen MR) is 99.3 cm³/mol. The van der Waals surface area contributed by atoms with Crippen LogP contribution < -0.4 is 4.72 Å². The first-order valence-electron chi connectivity index (χ1n) is 7.58. The monoisotopic (exact) mass is 375 g/mol. The standard InChI is InChI=1S/C17H17ClN4O2S/c1-19-17(21-25(23)24)22-11-15(12-5-3-2-4-6-12)16(20-22)13-7-9-14(18)10-8-13/h2-10,15H,11H2,1H3,(H,19,21)(H,23,24)/p-1/t15-/m1/s1. The Hall–Kier alpha value is -2.22. The fourth-order valence-electron chi connectivity index (χ4n) is 2.75. The van der Waals surface area contributed by atoms with Crippen LogP contribution in [0.25, 0.3) is 0 Å². The van der Waals surface area contributed by atoms with Crippen molar-refractivity contribution in [2.45, 2.75) is 5.92 Å². The van der Waals surface area contributed by atoms with Crippen molar-refractivity contribution >= 4 is 34.5 Å². The van der Waals surface area contributed by atoms with Crippen LogP contribution in [0.3, 0.4) is 0 Å². The average molecular weight is 376 g/mol. The zero-order chi connectivity index (χ0) is 17.8. The Balaban J connectivity index is 1.99. The third kappa shape index (κ3) is 4.07. The number of nitrogens with zero attached hydrogens (tertiary/aromatic N) is 3. The Morgan fingerprint density at radius 1 is 1.28 bits per heavy atom. The van der Waals surface area contributed by atoms with E-state index in [2.05, 4.69) is 14.8 Å². The molecule has 6 nitrogen and oxygen atoms in total. The highest BCUT2D eigenvalue weighted by Crippen LogP contribution is 2.29. The largest absolute Gasteiger partial charge is 0.755 e. The molecular formula is C17H16ClN4O2S-. The lowest BCUT2D eigenvalue weighted by atomic mass is 9.91. The summed E-state index contributed by atoms with van der Waals surface area (Å²) >= 11 is 3.52. The number of hydrogen-bond donors (Lipinski definition) is 1. The molecule has 130 valence electrons. The molecule has 2 atom stereocenters. The van der Waals surface area contributed by atoms with Gasteiger partial charge in [-0.25, -0.2) is 5.01 Å². The van der Waals surface area contributed by atoms with Gasteiger partial charge in [0.2, 0.25) is 5.96 Å². The van der Waals surface area contributed by atoms with Gasteiger partial charge in [0.15, 0.2) is 0 Å². The maximum atomic E-state index is 11.0. The molecule has 0 saturated heterocycles. The summed E-state index contributed by atoms with van der Waals surface area (Å²) in [6, 6.07) is 17.4. The average Bonchev–Trinajstić information content (AvgIpc) is 3.06. The predicted octanol–water partition coefficient (Wildman–Crippen LogP) is 2.51. The zero-order valence-corrected chi connectivity index (χ0v) is 15.0. The van der Waals surface area contributed by atoms with E-state index >= 15 is 0 Å². The maximum absolute atomic E-state index is 11.0. The van der Waals surface area contributed by atoms with Gasteiger partial charge in [0, 0.05) is 29.3 Å². The second-order valence-corrected chi connectivity index (χ2v) is 6.53. The van der Waals surface area contributed by atoms with Gasteiger partial charge in [-0.1, -0.05) is 54.1 Å². The number of hydrogen-bond acceptors (Lipinski definition) is 4. The van der Waals surface area contributed by atoms with Crippen molar-refractivity contribution in [1.29, 1.82) is 0 Å². The molecule has 0 amide bonds. The Morgan fingerprint density at radius 3 is 2.56 bits per heavy atom. The van der Waals surface area contributed by atoms with Crippen LogP contribution in [0.4, 0.5) is 0 Å². The van der Waals surface area contributed by atoms with Crippen LogP contribution in [0.5, 0.6) is 0 Å². The van der Waals surface area contributed by atoms with E-state index < -0.39 is 11.3 Å². The van der Waals surface area contributed by atoms with E-state index in [-0.39, 0.29) is 11.9 Å². The van der Waals surface area contributed by atoms with Crippen molar-refractivity contribution in [2.24, 2.45) is 10.1 Å². The maximum Gasteiger partial charge on any atom is 0.225 e. The van der Waals surface area contributed by atoms with Crippen LogP contribution in [0.1, 0.15) is 17.0 Å². The van der Waals surface area contributed by atoms with E-state index in [0.717, 1.165) is 16.8 Å². The van der Waals surface area contributed by atoms with Crippen LogP contribution in [0.2, 0.25) is 5.02 Å². The van der Waals surface area contributed by atoms with Gasteiger partial charge in [0.25, 0.3) is 0 Å². The summed E-state index contributed by atoms with van der Waals surface area (Å²) in [7, 11) is 1.52. The Labute approximate surface area is 153 Å². The summed E-state index contributed by atoms with van der Waals surface area (Å²) in [5.74, 6) is 0.166. The molecule has 1 heterocycles. The van der Waals surface area contributed by atoms with Crippen LogP contribution in [0, 0.1) is 0 Å². The number of guanidine groups is 1. The van der Waals surface area contributed by atoms with Crippen molar-refractivity contribution in [1.82, 2.24) is 9.73 Å². The summed E-state index contributed by atoms with van der Waals surface area (Å²) in [4.78, 5) is 3.99. The van der Waals surface area contributed by atoms with Gasteiger partial charge in [-0.05, 0) is 23.3 Å². The first-order valence-corrected chi connectivity index (χ1v) is 9.03. The van der Waals surface area contributed by atoms with Gasteiger partial charge >= 0.3 is 0 Å². The molecule has 1 unspecified atom stereocenters. The number of aliphatic imine (C=N–C) groups is 1. The van der Waals surface area contributed by atoms with E-state index in [1.165, 1.54) is 7.05 Å². The lowest BCUT2D eigenvalue weighted by Gasteiger charge is -2.19. The molecule has 0 bridgehead atoms. The second-order valence-electron chi connectivity index (χ2n) is 5.42. The first kappa shape index (κ1) is 17.6. The topological polar surface area (TPSA) is 80.1 Å². The lowest BCUT2D eigenvalue weighted by molar-refractivity contribution is 0.459. The number of halogens is 1. The summed E-state index contributed by atoms with van der Waals surface area (Å²) in [5, 5.41) is 6.83. The van der Waals surface area contributed by atoms with Crippen molar-refractivity contribution in [3.63, 3.8) is 0 Å². The van der Waals surface area contributed by atoms with E-state index in [9.17, 15) is 8.76 Å². The van der Waals surface area contributed by atoms with E-state index in [4.69, 9.17) is 11.6 Å². The smallest absolute Gasteiger partial charge is 0.225 e. The highest BCUT2D eigenvalue weighted by Gasteiger charge is 2.31. The summed E-state index contributed by atoms with van der Waals surface area (Å²) < 4.78 is 24.3. The number of rotatable bonds is 3. The summed E-state index contributed by atoms with van der Waals surface area (Å²) in [6.45, 7) is 0.485. The Bertz CT molecular complexity index is 824. The summed E-state index contributed by atoms with van der Waals surface area (Å²) in [5.41, 5.74) is 2.86. The number of benzene rings is 2. The molecule has 0 saturated carbocycles. The van der Waals surface area contributed by atoms with Crippen LogP contribution in [-0.4, -0.2) is 39.0 Å². The lowest BCUT2D eigenvalue weighted by Crippen LogP contribution is -2.38. The molecule has 1 aliphatic rings. The molecule has 25 heavy (non-hydrogen) atoms. The molecule has 1 N–H and O–H groups in total. The molecule has 0 aliphatic carbocycles. The zero-order valence-electron chi connectivity index (χ0n) is 13.4. The van der Waals surface area contributed by atoms with Crippen molar-refractivity contribution < 1.29 is 8.76 Å². The molecule has 0 fully saturated rings. The van der Waals surface area contributed by atoms with Gasteiger partial charge in [-0.3, -0.25) is 13.9 Å². The third-order valence-corrected chi connectivity index (χ3v) is 4.49. The highest BCUT2D eigenvalue weighted by atomic mass is 35.5. The third-order valence-electron chi connectivity index (χ3n) is 3.89. The quantitative estimate of drug-likeness (QED) is 0.508. The SMILES string of the molecule is CN=C(NS(=O)[O-])N1C[C@H](c2ccccc2)C(c2ccc(Cl)cc2)=N1. The molecule has 0 spiro atoms. The minimum Gasteiger partial charge on any atom is -0.755 e. The first-order chi connectivity index (χ1) is 12.1. The highest BCUT2D eigenvalue weighted by molar-refractivity contribution is 7.77. The van der Waals surface area contributed by atoms with Crippen LogP contribution in [-0.2, 0) is 11.3 Å². The van der Waals surface area contributed by atoms with Crippen LogP contribution >= 0.6 is 11.6 Å². The fourth-order valence-corrected chi connectivity index (χ4v) is 3.22. The van der Waals surface area contributed by atoms with E-state index in [1.54, 1.807) is 5.01 Å². The normalized spacial score (nSPS) is 18.8. The van der Waals surface area contributed by atoms with Gasteiger partial charge in [-0.2, -0.15) is 5.10 Å².